The normalized spacial score (nSPS) is 1.75. The summed E-state index contributed by atoms with van der Waals surface area (Å²) in [4.78, 5) is 0. The maximum atomic E-state index is 9.69. The zero-order chi connectivity index (χ0) is 2.00. The zero-order valence-electron chi connectivity index (χ0n) is 1.83. The smallest absolute Gasteiger partial charge is 0 e. The van der Waals surface area contributed by atoms with Gasteiger partial charge in [0.25, 0.3) is 0 Å². The third-order valence-corrected chi connectivity index (χ3v) is 0. The summed E-state index contributed by atoms with van der Waals surface area (Å²) in [7, 11) is 0. The summed E-state index contributed by atoms with van der Waals surface area (Å²) in [5.41, 5.74) is 0. The topological polar surface area (TPSA) is 0 Å². The second-order valence-corrected chi connectivity index (χ2v) is 0. The van der Waals surface area contributed by atoms with Crippen molar-refractivity contribution >= 4 is 79.5 Å². The molecule has 0 unspecified atom stereocenters. The van der Waals surface area contributed by atoms with Crippen molar-refractivity contribution < 1.29 is 22.2 Å². The molecule has 0 atom stereocenters. The summed E-state index contributed by atoms with van der Waals surface area (Å²) in [5.74, 6) is 0. The van der Waals surface area contributed by atoms with Crippen LogP contribution in [0.1, 0.15) is 0 Å². The number of hydrogen-bond donors (Lipinski definition) is 0. The fraction of sp³-hybridized carbons (Fsp3) is 0. The van der Waals surface area contributed by atoms with Gasteiger partial charge in [0, 0.05) is 22.4 Å². The van der Waals surface area contributed by atoms with E-state index >= 15 is 0 Å². The quantitative estimate of drug-likeness (QED) is 0.511. The minimum absolute atomic E-state index is 0. The summed E-state index contributed by atoms with van der Waals surface area (Å²) in [6.07, 6.45) is 0. The summed E-state index contributed by atoms with van der Waals surface area (Å²) in [5, 5.41) is 0. The van der Waals surface area contributed by atoms with E-state index in [1.54, 1.807) is 0 Å². The van der Waals surface area contributed by atoms with Gasteiger partial charge in [-0.15, -0.1) is 0 Å². The molecule has 0 amide bonds. The molecule has 0 heterocycles. The van der Waals surface area contributed by atoms with Crippen LogP contribution in [0, 0.1) is 0 Å². The monoisotopic (exact) mass is 263 g/mol. The average Bonchev–Trinajstić information content (AvgIpc) is 1.00. The van der Waals surface area contributed by atoms with E-state index in [-0.39, 0.29) is 51.9 Å². The van der Waals surface area contributed by atoms with Crippen LogP contribution in [0.4, 0.5) is -0.211 Å². The number of halogens is 1. The first-order chi connectivity index (χ1) is 1.00. The molecule has 4 heteroatoms. The van der Waals surface area contributed by atoms with Gasteiger partial charge >= 0.3 is 79.3 Å². The molecular formula is HFKNaTa. The van der Waals surface area contributed by atoms with Gasteiger partial charge < -0.3 is 0 Å². The molecule has 0 rings (SSSR count). The molecule has 0 nitrogen and oxygen atoms in total. The first kappa shape index (κ1) is 15.7. The van der Waals surface area contributed by atoms with Crippen LogP contribution in [0.2, 0.25) is 0 Å². The standard InChI is InChI=1S/FH.K.Na.Ta.H/h1H;;;;/q;+1;;;/p-1. The summed E-state index contributed by atoms with van der Waals surface area (Å²) < 4.78 is 9.69. The Morgan fingerprint density at radius 3 is 1.25 bits per heavy atom. The van der Waals surface area contributed by atoms with E-state index in [4.69, 9.17) is 0 Å². The van der Waals surface area contributed by atoms with Crippen molar-refractivity contribution in [3.63, 3.8) is 0 Å². The van der Waals surface area contributed by atoms with Crippen molar-refractivity contribution in [1.82, 2.24) is 0 Å². The van der Waals surface area contributed by atoms with Crippen LogP contribution < -0.4 is 0 Å². The molecule has 0 aromatic heterocycles. The van der Waals surface area contributed by atoms with E-state index in [1.807, 2.05) is 0 Å². The SMILES string of the molecule is [F][K].[NaH].[Ta]. The zero-order valence-corrected chi connectivity index (χ0v) is 8.16. The average molecular weight is 263 g/mol. The molecule has 0 N–H and O–H groups in total. The molecule has 0 aliphatic carbocycles. The second kappa shape index (κ2) is 16.2. The van der Waals surface area contributed by atoms with E-state index in [2.05, 4.69) is 0 Å². The van der Waals surface area contributed by atoms with E-state index in [0.29, 0.717) is 0 Å². The molecule has 0 saturated heterocycles. The molecular weight excluding hydrogens is 262 g/mol. The minimum atomic E-state index is -0.438. The summed E-state index contributed by atoms with van der Waals surface area (Å²) in [6, 6.07) is 0. The first-order valence-electron chi connectivity index (χ1n) is 0.378. The van der Waals surface area contributed by atoms with Crippen LogP contribution in [0.25, 0.3) is 0 Å². The van der Waals surface area contributed by atoms with Crippen LogP contribution in [0.5, 0.6) is 0 Å². The number of hydrogen-bond acceptors (Lipinski definition) is 0. The van der Waals surface area contributed by atoms with Crippen molar-refractivity contribution in [1.29, 1.82) is 0 Å². The van der Waals surface area contributed by atoms with Crippen molar-refractivity contribution in [2.24, 2.45) is 0 Å². The van der Waals surface area contributed by atoms with Gasteiger partial charge in [0.05, 0.1) is 0 Å². The van der Waals surface area contributed by atoms with Crippen LogP contribution in [0.15, 0.2) is 0 Å². The van der Waals surface area contributed by atoms with Crippen molar-refractivity contribution in [3.8, 4) is 0 Å². The largest absolute Gasteiger partial charge is 0 e. The second-order valence-electron chi connectivity index (χ2n) is 0. The van der Waals surface area contributed by atoms with Crippen LogP contribution >= 0.6 is 0 Å². The van der Waals surface area contributed by atoms with Gasteiger partial charge in [-0.1, -0.05) is 0 Å². The molecule has 0 aromatic carbocycles. The third-order valence-electron chi connectivity index (χ3n) is 0. The molecule has 0 spiro atoms. The molecule has 1 radical (unpaired) electrons. The fourth-order valence-corrected chi connectivity index (χ4v) is 0. The Kier molecular flexibility index (Phi) is 63.6. The molecule has 15 valence electrons. The maximum Gasteiger partial charge on any atom is 0 e. The molecule has 0 aliphatic rings. The molecule has 4 heavy (non-hydrogen) atoms. The van der Waals surface area contributed by atoms with Crippen LogP contribution in [-0.2, 0) is 22.4 Å². The predicted molar refractivity (Wildman–Crippen MR) is 14.0 cm³/mol. The van der Waals surface area contributed by atoms with Gasteiger partial charge in [-0.05, 0) is 0 Å². The minimum Gasteiger partial charge on any atom is 0 e. The van der Waals surface area contributed by atoms with Gasteiger partial charge in [-0.2, -0.15) is 0 Å². The van der Waals surface area contributed by atoms with Gasteiger partial charge in [0.1, 0.15) is 0 Å². The summed E-state index contributed by atoms with van der Waals surface area (Å²) >= 11 is -0.438. The van der Waals surface area contributed by atoms with Gasteiger partial charge in [0.2, 0.25) is 0 Å². The van der Waals surface area contributed by atoms with Crippen LogP contribution in [0.3, 0.4) is 0 Å². The van der Waals surface area contributed by atoms with Crippen molar-refractivity contribution in [2.75, 3.05) is 0 Å². The predicted octanol–water partition coefficient (Wildman–Crippen LogP) is -0.612. The van der Waals surface area contributed by atoms with E-state index in [0.717, 1.165) is 0 Å². The molecule has 0 saturated carbocycles. The first-order valence-corrected chi connectivity index (χ1v) is 1.56. The Balaban J connectivity index is -0.00000000500. The van der Waals surface area contributed by atoms with Crippen molar-refractivity contribution in [2.45, 2.75) is 0 Å². The van der Waals surface area contributed by atoms with Crippen LogP contribution in [-0.4, -0.2) is 79.5 Å². The van der Waals surface area contributed by atoms with E-state index in [1.165, 1.54) is 0 Å². The molecule has 0 aliphatic heterocycles. The number of rotatable bonds is 0. The Hall–Kier alpha value is 3.31. The maximum absolute atomic E-state index is 9.69. The molecule has 0 fully saturated rings. The Morgan fingerprint density at radius 1 is 1.25 bits per heavy atom. The molecule has 0 aromatic rings. The van der Waals surface area contributed by atoms with Gasteiger partial charge in [-0.25, -0.2) is 0 Å². The fourth-order valence-electron chi connectivity index (χ4n) is 0. The van der Waals surface area contributed by atoms with E-state index in [9.17, 15) is -0.211 Å². The Bertz CT molecular complexity index is 8.00. The van der Waals surface area contributed by atoms with Gasteiger partial charge in [-0.3, -0.25) is 0 Å². The van der Waals surface area contributed by atoms with Crippen molar-refractivity contribution in [3.05, 3.63) is 0 Å². The Labute approximate surface area is 98.7 Å². The third kappa shape index (κ3) is 9.00. The Morgan fingerprint density at radius 2 is 1.25 bits per heavy atom. The summed E-state index contributed by atoms with van der Waals surface area (Å²) in [6.45, 7) is 0. The van der Waals surface area contributed by atoms with E-state index < -0.39 is 49.9 Å². The molecule has 0 bridgehead atoms. The van der Waals surface area contributed by atoms with Gasteiger partial charge in [0.15, 0.2) is 0 Å².